The van der Waals surface area contributed by atoms with E-state index in [1.165, 1.54) is 56.9 Å². The highest BCUT2D eigenvalue weighted by atomic mass is 31.2. The number of nitrogens with zero attached hydrogens (tertiary/aromatic N) is 1. The molecule has 0 aromatic heterocycles. The van der Waals surface area contributed by atoms with Crippen LogP contribution in [-0.2, 0) is 37.1 Å². The number of rotatable bonds is 25. The molecule has 4 aliphatic rings. The summed E-state index contributed by atoms with van der Waals surface area (Å²) in [6, 6.07) is 0. The molecule has 0 aromatic carbocycles. The third kappa shape index (κ3) is 13.6. The van der Waals surface area contributed by atoms with Crippen LogP contribution in [-0.4, -0.2) is 90.5 Å². The van der Waals surface area contributed by atoms with Crippen molar-refractivity contribution in [2.75, 3.05) is 65.9 Å². The predicted molar refractivity (Wildman–Crippen MR) is 217 cm³/mol. The summed E-state index contributed by atoms with van der Waals surface area (Å²) in [4.78, 5) is 16.4. The van der Waals surface area contributed by atoms with Crippen LogP contribution in [0.1, 0.15) is 105 Å². The van der Waals surface area contributed by atoms with E-state index >= 15 is 0 Å². The lowest BCUT2D eigenvalue weighted by atomic mass is 9.47. The Morgan fingerprint density at radius 2 is 1.59 bits per heavy atom. The summed E-state index contributed by atoms with van der Waals surface area (Å²) < 4.78 is 51.0. The molecule has 4 rings (SSSR count). The van der Waals surface area contributed by atoms with Crippen molar-refractivity contribution in [1.82, 2.24) is 5.32 Å². The Hall–Kier alpha value is -1.81. The zero-order valence-corrected chi connectivity index (χ0v) is 35.8. The number of guanidine groups is 1. The quantitative estimate of drug-likeness (QED) is 0.0140. The van der Waals surface area contributed by atoms with Crippen LogP contribution in [0, 0.1) is 46.3 Å². The molecule has 15 nitrogen and oxygen atoms in total. The second kappa shape index (κ2) is 22.5. The van der Waals surface area contributed by atoms with E-state index in [9.17, 15) is 9.36 Å². The largest absolute Gasteiger partial charge is 0.508 e. The second-order valence-electron chi connectivity index (χ2n) is 17.3. The highest BCUT2D eigenvalue weighted by molar-refractivity contribution is 7.48. The minimum absolute atomic E-state index is 0.0212. The van der Waals surface area contributed by atoms with Crippen LogP contribution < -0.4 is 28.3 Å². The van der Waals surface area contributed by atoms with Crippen LogP contribution in [0.5, 0.6) is 0 Å². The molecule has 0 saturated heterocycles. The van der Waals surface area contributed by atoms with Crippen molar-refractivity contribution >= 4 is 19.9 Å². The van der Waals surface area contributed by atoms with Gasteiger partial charge in [-0.05, 0) is 91.3 Å². The van der Waals surface area contributed by atoms with E-state index in [-0.39, 0.29) is 83.4 Å². The average Bonchev–Trinajstić information content (AvgIpc) is 3.50. The summed E-state index contributed by atoms with van der Waals surface area (Å²) in [5.74, 6) is 4.69. The Bertz CT molecular complexity index is 1320. The predicted octanol–water partition coefficient (Wildman–Crippen LogP) is 5.80. The van der Waals surface area contributed by atoms with Gasteiger partial charge in [-0.15, -0.1) is 0 Å². The Morgan fingerprint density at radius 1 is 0.893 bits per heavy atom. The van der Waals surface area contributed by atoms with Crippen LogP contribution >= 0.6 is 7.82 Å². The molecule has 0 heterocycles. The summed E-state index contributed by atoms with van der Waals surface area (Å²) in [7, 11) is -3.91. The molecule has 56 heavy (non-hydrogen) atoms. The molecule has 0 bridgehead atoms. The van der Waals surface area contributed by atoms with Crippen molar-refractivity contribution in [3.63, 3.8) is 0 Å². The smallest absolute Gasteiger partial charge is 0.432 e. The Balaban J connectivity index is 1.09. The first-order valence-electron chi connectivity index (χ1n) is 21.2. The van der Waals surface area contributed by atoms with Gasteiger partial charge in [-0.1, -0.05) is 65.5 Å². The highest BCUT2D eigenvalue weighted by Crippen LogP contribution is 2.67. The van der Waals surface area contributed by atoms with Gasteiger partial charge in [0.05, 0.1) is 52.8 Å². The number of ether oxygens (including phenoxy) is 4. The molecule has 9 atom stereocenters. The summed E-state index contributed by atoms with van der Waals surface area (Å²) >= 11 is 0. The van der Waals surface area contributed by atoms with Crippen molar-refractivity contribution < 1.29 is 41.9 Å². The molecule has 324 valence electrons. The summed E-state index contributed by atoms with van der Waals surface area (Å²) in [5.41, 5.74) is 23.6. The van der Waals surface area contributed by atoms with Gasteiger partial charge in [0, 0.05) is 13.0 Å². The number of aliphatic imine (C=N–C) groups is 1. The first kappa shape index (κ1) is 46.9. The minimum atomic E-state index is -3.91. The van der Waals surface area contributed by atoms with Crippen LogP contribution in [0.4, 0.5) is 4.79 Å². The Labute approximate surface area is 336 Å². The SMILES string of the molecule is CC(C)CCCC(C)C1CCC2C3CC=C4CC(OC(=O)OCCOCCOCCOP(=O)(OCCN=C(N)N)OCCNC(N)N)CCC4(C)C3CCC12C. The number of phosphoric ester groups is 1. The van der Waals surface area contributed by atoms with Crippen LogP contribution in [0.15, 0.2) is 16.6 Å². The maximum absolute atomic E-state index is 12.9. The average molecular weight is 815 g/mol. The molecule has 3 saturated carbocycles. The van der Waals surface area contributed by atoms with E-state index in [1.54, 1.807) is 0 Å². The van der Waals surface area contributed by atoms with Crippen molar-refractivity contribution in [2.24, 2.45) is 74.3 Å². The van der Waals surface area contributed by atoms with Gasteiger partial charge in [-0.2, -0.15) is 0 Å². The lowest BCUT2D eigenvalue weighted by Gasteiger charge is -2.58. The fourth-order valence-electron chi connectivity index (χ4n) is 10.5. The van der Waals surface area contributed by atoms with Crippen LogP contribution in [0.2, 0.25) is 0 Å². The lowest BCUT2D eigenvalue weighted by Crippen LogP contribution is -2.51. The van der Waals surface area contributed by atoms with E-state index in [0.29, 0.717) is 5.41 Å². The third-order valence-electron chi connectivity index (χ3n) is 13.2. The number of phosphoric acid groups is 1. The Kier molecular flexibility index (Phi) is 18.9. The molecular formula is C40H75N6O9P. The van der Waals surface area contributed by atoms with Gasteiger partial charge in [-0.25, -0.2) is 9.36 Å². The van der Waals surface area contributed by atoms with E-state index in [2.05, 4.69) is 51.0 Å². The fourth-order valence-corrected chi connectivity index (χ4v) is 11.6. The number of allylic oxidation sites excluding steroid dienone is 1. The number of fused-ring (bicyclic) bond motifs is 5. The Morgan fingerprint density at radius 3 is 2.30 bits per heavy atom. The van der Waals surface area contributed by atoms with Crippen LogP contribution in [0.3, 0.4) is 0 Å². The van der Waals surface area contributed by atoms with Gasteiger partial charge >= 0.3 is 14.0 Å². The maximum atomic E-state index is 12.9. The van der Waals surface area contributed by atoms with Gasteiger partial charge < -0.3 is 41.9 Å². The standard InChI is InChI=1S/C40H75N6O9P/c1-28(2)7-6-8-29(3)33-11-12-34-32-10-9-30-27-31(13-15-39(30,4)35(32)14-16-40(33,34)5)55-38(47)51-25-23-49-21-22-50-24-26-54-56(48,52-19-17-45-36(41)42)53-20-18-46-37(43)44/h9,28-29,31-36,45H,6-8,10-27,41-42H2,1-5H3,(H4,43,44,46). The van der Waals surface area contributed by atoms with Crippen molar-refractivity contribution in [3.8, 4) is 0 Å². The lowest BCUT2D eigenvalue weighted by molar-refractivity contribution is -0.0627. The molecule has 0 spiro atoms. The molecular weight excluding hydrogens is 739 g/mol. The van der Waals surface area contributed by atoms with E-state index in [4.69, 9.17) is 55.5 Å². The summed E-state index contributed by atoms with van der Waals surface area (Å²) in [5, 5.41) is 2.73. The van der Waals surface area contributed by atoms with E-state index < -0.39 is 20.3 Å². The second-order valence-corrected chi connectivity index (χ2v) is 19.0. The van der Waals surface area contributed by atoms with Gasteiger partial charge in [0.1, 0.15) is 19.0 Å². The zero-order valence-electron chi connectivity index (χ0n) is 34.9. The molecule has 0 aliphatic heterocycles. The number of hydrogen-bond acceptors (Lipinski definition) is 13. The summed E-state index contributed by atoms with van der Waals surface area (Å²) in [6.07, 6.45) is 14.5. The monoisotopic (exact) mass is 815 g/mol. The van der Waals surface area contributed by atoms with Crippen LogP contribution in [0.25, 0.3) is 0 Å². The van der Waals surface area contributed by atoms with Gasteiger partial charge in [0.15, 0.2) is 5.96 Å². The molecule has 4 aliphatic carbocycles. The van der Waals surface area contributed by atoms with Crippen molar-refractivity contribution in [1.29, 1.82) is 0 Å². The molecule has 16 heteroatoms. The maximum Gasteiger partial charge on any atom is 0.508 e. The molecule has 0 aromatic rings. The number of nitrogens with one attached hydrogen (secondary N) is 1. The summed E-state index contributed by atoms with van der Waals surface area (Å²) in [6.45, 7) is 13.4. The van der Waals surface area contributed by atoms with E-state index in [0.717, 1.165) is 54.8 Å². The number of nitrogens with two attached hydrogens (primary N) is 4. The molecule has 9 N–H and O–H groups in total. The van der Waals surface area contributed by atoms with Gasteiger partial charge in [0.2, 0.25) is 0 Å². The first-order valence-corrected chi connectivity index (χ1v) is 22.6. The molecule has 3 fully saturated rings. The van der Waals surface area contributed by atoms with Gasteiger partial charge in [-0.3, -0.25) is 23.9 Å². The highest BCUT2D eigenvalue weighted by Gasteiger charge is 2.59. The molecule has 9 unspecified atom stereocenters. The zero-order chi connectivity index (χ0) is 40.8. The van der Waals surface area contributed by atoms with E-state index in [1.807, 2.05) is 0 Å². The normalized spacial score (nSPS) is 30.2. The first-order chi connectivity index (χ1) is 26.7. The minimum Gasteiger partial charge on any atom is -0.432 e. The topological polar surface area (TPSA) is 227 Å². The number of carbonyl (C=O) groups excluding carboxylic acids is 1. The van der Waals surface area contributed by atoms with Crippen molar-refractivity contribution in [3.05, 3.63) is 11.6 Å². The van der Waals surface area contributed by atoms with Gasteiger partial charge in [0.25, 0.3) is 0 Å². The fraction of sp³-hybridized carbons (Fsp3) is 0.900. The third-order valence-corrected chi connectivity index (χ3v) is 14.7. The number of carbonyl (C=O) groups is 1. The van der Waals surface area contributed by atoms with Crippen molar-refractivity contribution in [2.45, 2.75) is 118 Å². The molecule has 0 amide bonds. The molecule has 0 radical (unpaired) electrons. The number of hydrogen-bond donors (Lipinski definition) is 5.